The second-order valence-electron chi connectivity index (χ2n) is 5.76. The fraction of sp³-hybridized carbons (Fsp3) is 0.211. The largest absolute Gasteiger partial charge is 0.494 e. The molecule has 1 heterocycles. The molecular weight excluding hydrogens is 367 g/mol. The first-order chi connectivity index (χ1) is 13.0. The van der Waals surface area contributed by atoms with Gasteiger partial charge in [-0.1, -0.05) is 23.9 Å². The highest BCUT2D eigenvalue weighted by atomic mass is 32.2. The van der Waals surface area contributed by atoms with Gasteiger partial charge < -0.3 is 10.6 Å². The first kappa shape index (κ1) is 18.9. The lowest BCUT2D eigenvalue weighted by atomic mass is 10.1. The number of Topliss-reactive ketones (excluding diaryl/α,β-unsaturated/α-hetero) is 1. The zero-order valence-corrected chi connectivity index (χ0v) is 15.8. The van der Waals surface area contributed by atoms with Crippen molar-refractivity contribution in [2.75, 3.05) is 12.4 Å². The Morgan fingerprint density at radius 1 is 1.26 bits per heavy atom. The molecule has 0 atom stereocenters. The van der Waals surface area contributed by atoms with E-state index in [2.05, 4.69) is 10.2 Å². The highest BCUT2D eigenvalue weighted by Gasteiger charge is 2.16. The summed E-state index contributed by atoms with van der Waals surface area (Å²) < 4.78 is 20.9. The van der Waals surface area contributed by atoms with Gasteiger partial charge in [-0.2, -0.15) is 0 Å². The Morgan fingerprint density at radius 2 is 2.04 bits per heavy atom. The molecule has 0 saturated carbocycles. The quantitative estimate of drug-likeness (QED) is 0.379. The molecule has 0 aliphatic carbocycles. The second kappa shape index (κ2) is 8.22. The molecule has 0 amide bonds. The Morgan fingerprint density at radius 3 is 2.74 bits per heavy atom. The molecule has 0 radical (unpaired) electrons. The van der Waals surface area contributed by atoms with Crippen molar-refractivity contribution in [3.8, 4) is 17.1 Å². The average Bonchev–Trinajstić information content (AvgIpc) is 3.02. The maximum absolute atomic E-state index is 14.0. The number of hydrogen-bond donors (Lipinski definition) is 1. The number of nitrogens with zero attached hydrogens (tertiary/aromatic N) is 3. The van der Waals surface area contributed by atoms with E-state index in [9.17, 15) is 9.18 Å². The van der Waals surface area contributed by atoms with Crippen molar-refractivity contribution < 1.29 is 13.9 Å². The van der Waals surface area contributed by atoms with Crippen molar-refractivity contribution in [2.24, 2.45) is 0 Å². The molecule has 0 aliphatic heterocycles. The minimum atomic E-state index is -0.416. The molecule has 6 nitrogen and oxygen atoms in total. The Labute approximate surface area is 160 Å². The summed E-state index contributed by atoms with van der Waals surface area (Å²) in [4.78, 5) is 11.7. The molecular formula is C19H19FN4O2S. The van der Waals surface area contributed by atoms with Crippen LogP contribution >= 0.6 is 11.8 Å². The number of carbonyl (C=O) groups excluding carboxylic acids is 1. The molecule has 27 heavy (non-hydrogen) atoms. The first-order valence-corrected chi connectivity index (χ1v) is 9.34. The molecule has 0 aliphatic rings. The molecule has 8 heteroatoms. The molecule has 2 aromatic carbocycles. The van der Waals surface area contributed by atoms with E-state index in [4.69, 9.17) is 10.6 Å². The number of carbonyl (C=O) groups is 1. The fourth-order valence-electron chi connectivity index (χ4n) is 2.55. The molecule has 0 fully saturated rings. The molecule has 140 valence electrons. The van der Waals surface area contributed by atoms with Crippen LogP contribution in [0.2, 0.25) is 0 Å². The van der Waals surface area contributed by atoms with E-state index < -0.39 is 5.82 Å². The first-order valence-electron chi connectivity index (χ1n) is 8.36. The summed E-state index contributed by atoms with van der Waals surface area (Å²) in [5, 5.41) is 8.50. The molecule has 3 aromatic rings. The van der Waals surface area contributed by atoms with Crippen molar-refractivity contribution in [3.05, 3.63) is 59.4 Å². The number of nitrogen functional groups attached to an aromatic ring is 1. The molecule has 3 rings (SSSR count). The summed E-state index contributed by atoms with van der Waals surface area (Å²) in [5.74, 6) is 7.05. The molecule has 1 aromatic heterocycles. The van der Waals surface area contributed by atoms with E-state index in [0.29, 0.717) is 28.8 Å². The summed E-state index contributed by atoms with van der Waals surface area (Å²) in [6.45, 7) is 3.93. The number of ether oxygens (including phenoxy) is 1. The molecule has 0 unspecified atom stereocenters. The van der Waals surface area contributed by atoms with Crippen molar-refractivity contribution in [1.29, 1.82) is 0 Å². The molecule has 2 N–H and O–H groups in total. The third-order valence-electron chi connectivity index (χ3n) is 3.90. The van der Waals surface area contributed by atoms with E-state index in [1.807, 2.05) is 6.92 Å². The number of rotatable bonds is 7. The number of benzene rings is 2. The predicted octanol–water partition coefficient (Wildman–Crippen LogP) is 3.69. The van der Waals surface area contributed by atoms with Crippen molar-refractivity contribution in [2.45, 2.75) is 24.8 Å². The van der Waals surface area contributed by atoms with Gasteiger partial charge in [0.05, 0.1) is 12.2 Å². The Kier molecular flexibility index (Phi) is 5.75. The highest BCUT2D eigenvalue weighted by Crippen LogP contribution is 2.30. The third kappa shape index (κ3) is 4.11. The van der Waals surface area contributed by atoms with Gasteiger partial charge in [0.1, 0.15) is 11.6 Å². The van der Waals surface area contributed by atoms with Gasteiger partial charge in [-0.15, -0.1) is 10.2 Å². The van der Waals surface area contributed by atoms with Crippen LogP contribution in [-0.4, -0.2) is 27.3 Å². The Bertz CT molecular complexity index is 974. The van der Waals surface area contributed by atoms with Gasteiger partial charge in [-0.25, -0.2) is 9.07 Å². The minimum absolute atomic E-state index is 0.0203. The standard InChI is InChI=1S/C19H19FN4O2S/c1-3-26-17-9-8-13(12(2)25)10-14(17)11-27-19-23-22-18(24(19)21)15-6-4-5-7-16(15)20/h4-10H,3,11,21H2,1-2H3. The maximum atomic E-state index is 14.0. The molecule has 0 bridgehead atoms. The summed E-state index contributed by atoms with van der Waals surface area (Å²) >= 11 is 1.33. The van der Waals surface area contributed by atoms with Crippen LogP contribution in [0.4, 0.5) is 4.39 Å². The van der Waals surface area contributed by atoms with Gasteiger partial charge in [-0.3, -0.25) is 4.79 Å². The predicted molar refractivity (Wildman–Crippen MR) is 103 cm³/mol. The van der Waals surface area contributed by atoms with Crippen LogP contribution in [0.1, 0.15) is 29.8 Å². The zero-order valence-electron chi connectivity index (χ0n) is 15.0. The van der Waals surface area contributed by atoms with Gasteiger partial charge in [0, 0.05) is 16.9 Å². The van der Waals surface area contributed by atoms with Gasteiger partial charge in [0.2, 0.25) is 5.16 Å². The van der Waals surface area contributed by atoms with E-state index >= 15 is 0 Å². The van der Waals surface area contributed by atoms with E-state index in [1.54, 1.807) is 36.4 Å². The molecule has 0 saturated heterocycles. The minimum Gasteiger partial charge on any atom is -0.494 e. The SMILES string of the molecule is CCOc1ccc(C(C)=O)cc1CSc1nnc(-c2ccccc2F)n1N. The van der Waals surface area contributed by atoms with Crippen LogP contribution in [0.25, 0.3) is 11.4 Å². The van der Waals surface area contributed by atoms with E-state index in [-0.39, 0.29) is 17.2 Å². The van der Waals surface area contributed by atoms with Crippen LogP contribution in [0.3, 0.4) is 0 Å². The van der Waals surface area contributed by atoms with Gasteiger partial charge >= 0.3 is 0 Å². The smallest absolute Gasteiger partial charge is 0.210 e. The van der Waals surface area contributed by atoms with Crippen LogP contribution in [0, 0.1) is 5.82 Å². The third-order valence-corrected chi connectivity index (χ3v) is 4.89. The number of nitrogens with two attached hydrogens (primary N) is 1. The lowest BCUT2D eigenvalue weighted by Gasteiger charge is -2.11. The summed E-state index contributed by atoms with van der Waals surface area (Å²) in [6, 6.07) is 11.6. The van der Waals surface area contributed by atoms with Gasteiger partial charge in [0.15, 0.2) is 11.6 Å². The Balaban J connectivity index is 1.84. The van der Waals surface area contributed by atoms with Crippen LogP contribution < -0.4 is 10.6 Å². The van der Waals surface area contributed by atoms with Crippen LogP contribution in [0.5, 0.6) is 5.75 Å². The summed E-state index contributed by atoms with van der Waals surface area (Å²) in [7, 11) is 0. The second-order valence-corrected chi connectivity index (χ2v) is 6.70. The van der Waals surface area contributed by atoms with Crippen molar-refractivity contribution in [3.63, 3.8) is 0 Å². The summed E-state index contributed by atoms with van der Waals surface area (Å²) in [5.41, 5.74) is 1.74. The number of halogens is 1. The lowest BCUT2D eigenvalue weighted by Crippen LogP contribution is -2.12. The van der Waals surface area contributed by atoms with Crippen molar-refractivity contribution in [1.82, 2.24) is 14.9 Å². The van der Waals surface area contributed by atoms with E-state index in [0.717, 1.165) is 5.56 Å². The number of hydrogen-bond acceptors (Lipinski definition) is 6. The summed E-state index contributed by atoms with van der Waals surface area (Å²) in [6.07, 6.45) is 0. The molecule has 0 spiro atoms. The maximum Gasteiger partial charge on any atom is 0.210 e. The van der Waals surface area contributed by atoms with Crippen LogP contribution in [0.15, 0.2) is 47.6 Å². The number of aromatic nitrogens is 3. The van der Waals surface area contributed by atoms with Gasteiger partial charge in [0.25, 0.3) is 0 Å². The van der Waals surface area contributed by atoms with Gasteiger partial charge in [-0.05, 0) is 44.2 Å². The fourth-order valence-corrected chi connectivity index (χ4v) is 3.39. The van der Waals surface area contributed by atoms with Crippen LogP contribution in [-0.2, 0) is 5.75 Å². The highest BCUT2D eigenvalue weighted by molar-refractivity contribution is 7.98. The van der Waals surface area contributed by atoms with Crippen molar-refractivity contribution >= 4 is 17.5 Å². The topological polar surface area (TPSA) is 83.0 Å². The number of ketones is 1. The van der Waals surface area contributed by atoms with E-state index in [1.165, 1.54) is 29.4 Å². The average molecular weight is 386 g/mol. The Hall–Kier alpha value is -2.87. The monoisotopic (exact) mass is 386 g/mol. The number of thioether (sulfide) groups is 1. The normalized spacial score (nSPS) is 10.8. The zero-order chi connectivity index (χ0) is 19.4. The lowest BCUT2D eigenvalue weighted by molar-refractivity contribution is 0.101.